The zero-order chi connectivity index (χ0) is 13.4. The van der Waals surface area contributed by atoms with Gasteiger partial charge in [0.05, 0.1) is 5.75 Å². The van der Waals surface area contributed by atoms with Gasteiger partial charge in [-0.2, -0.15) is 11.8 Å². The zero-order valence-electron chi connectivity index (χ0n) is 11.0. The smallest absolute Gasteiger partial charge is 0.172 e. The van der Waals surface area contributed by atoms with Crippen molar-refractivity contribution in [2.45, 2.75) is 13.8 Å². The maximum absolute atomic E-state index is 11.9. The summed E-state index contributed by atoms with van der Waals surface area (Å²) in [5.41, 5.74) is 0.825. The summed E-state index contributed by atoms with van der Waals surface area (Å²) in [4.78, 5) is 14.3. The van der Waals surface area contributed by atoms with Crippen molar-refractivity contribution in [2.24, 2.45) is 0 Å². The minimum absolute atomic E-state index is 0.232. The van der Waals surface area contributed by atoms with E-state index in [9.17, 15) is 4.79 Å². The van der Waals surface area contributed by atoms with Crippen LogP contribution in [0.25, 0.3) is 0 Å². The molecular weight excluding hydrogens is 357 g/mol. The molecule has 0 amide bonds. The Hall–Kier alpha value is -0.0700. The molecule has 0 radical (unpaired) electrons. The molecule has 0 aliphatic rings. The minimum atomic E-state index is 0.232. The summed E-state index contributed by atoms with van der Waals surface area (Å²) in [5, 5.41) is 0. The summed E-state index contributed by atoms with van der Waals surface area (Å²) >= 11 is 3.97. The lowest BCUT2D eigenvalue weighted by atomic mass is 10.2. The zero-order valence-corrected chi connectivity index (χ0v) is 14.0. The predicted octanol–water partition coefficient (Wildman–Crippen LogP) is 3.55. The molecule has 1 aromatic rings. The van der Waals surface area contributed by atoms with Crippen LogP contribution in [0.15, 0.2) is 24.3 Å². The van der Waals surface area contributed by atoms with Crippen molar-refractivity contribution in [3.05, 3.63) is 33.4 Å². The van der Waals surface area contributed by atoms with E-state index in [2.05, 4.69) is 41.3 Å². The van der Waals surface area contributed by atoms with E-state index in [4.69, 9.17) is 0 Å². The monoisotopic (exact) mass is 377 g/mol. The largest absolute Gasteiger partial charge is 0.303 e. The van der Waals surface area contributed by atoms with Crippen molar-refractivity contribution >= 4 is 40.1 Å². The summed E-state index contributed by atoms with van der Waals surface area (Å²) in [6.07, 6.45) is 0. The van der Waals surface area contributed by atoms with Crippen LogP contribution in [-0.4, -0.2) is 41.8 Å². The van der Waals surface area contributed by atoms with E-state index < -0.39 is 0 Å². The van der Waals surface area contributed by atoms with Crippen LogP contribution in [-0.2, 0) is 0 Å². The molecule has 0 spiro atoms. The second-order valence-electron chi connectivity index (χ2n) is 4.01. The van der Waals surface area contributed by atoms with E-state index in [0.29, 0.717) is 5.75 Å². The van der Waals surface area contributed by atoms with Gasteiger partial charge in [0.15, 0.2) is 5.78 Å². The molecule has 0 aliphatic carbocycles. The van der Waals surface area contributed by atoms with Crippen molar-refractivity contribution in [2.75, 3.05) is 31.1 Å². The van der Waals surface area contributed by atoms with Crippen LogP contribution in [0.1, 0.15) is 24.2 Å². The summed E-state index contributed by atoms with van der Waals surface area (Å²) in [5.74, 6) is 1.84. The molecule has 0 saturated carbocycles. The highest BCUT2D eigenvalue weighted by Gasteiger charge is 2.06. The van der Waals surface area contributed by atoms with Crippen LogP contribution >= 0.6 is 34.4 Å². The van der Waals surface area contributed by atoms with Crippen molar-refractivity contribution in [3.63, 3.8) is 0 Å². The molecule has 0 saturated heterocycles. The first-order chi connectivity index (χ1) is 8.67. The Kier molecular flexibility index (Phi) is 7.93. The second kappa shape index (κ2) is 8.93. The van der Waals surface area contributed by atoms with E-state index in [1.807, 2.05) is 24.3 Å². The normalized spacial score (nSPS) is 10.9. The number of thioether (sulfide) groups is 1. The first-order valence-corrected chi connectivity index (χ1v) is 8.49. The molecule has 2 nitrogen and oxygen atoms in total. The Labute approximate surface area is 128 Å². The van der Waals surface area contributed by atoms with Crippen LogP contribution in [0.4, 0.5) is 0 Å². The number of nitrogens with zero attached hydrogens (tertiary/aromatic N) is 1. The number of ketones is 1. The molecule has 0 N–H and O–H groups in total. The van der Waals surface area contributed by atoms with Gasteiger partial charge in [-0.25, -0.2) is 0 Å². The van der Waals surface area contributed by atoms with Crippen LogP contribution in [0.5, 0.6) is 0 Å². The van der Waals surface area contributed by atoms with Gasteiger partial charge in [-0.3, -0.25) is 4.79 Å². The molecule has 0 unspecified atom stereocenters. The maximum Gasteiger partial charge on any atom is 0.172 e. The number of halogens is 1. The van der Waals surface area contributed by atoms with Gasteiger partial charge in [-0.1, -0.05) is 26.0 Å². The number of carbonyl (C=O) groups is 1. The van der Waals surface area contributed by atoms with Crippen LogP contribution in [0.2, 0.25) is 0 Å². The molecule has 0 atom stereocenters. The topological polar surface area (TPSA) is 20.3 Å². The summed E-state index contributed by atoms with van der Waals surface area (Å²) in [6, 6.07) is 7.78. The van der Waals surface area contributed by atoms with E-state index >= 15 is 0 Å². The van der Waals surface area contributed by atoms with Crippen molar-refractivity contribution < 1.29 is 4.79 Å². The van der Waals surface area contributed by atoms with E-state index in [1.165, 1.54) is 3.57 Å². The summed E-state index contributed by atoms with van der Waals surface area (Å²) in [7, 11) is 0. The van der Waals surface area contributed by atoms with Gasteiger partial charge in [0.1, 0.15) is 0 Å². The number of benzene rings is 1. The van der Waals surface area contributed by atoms with Crippen LogP contribution < -0.4 is 0 Å². The van der Waals surface area contributed by atoms with E-state index in [-0.39, 0.29) is 5.78 Å². The molecule has 0 heterocycles. The van der Waals surface area contributed by atoms with Gasteiger partial charge in [-0.15, -0.1) is 0 Å². The average Bonchev–Trinajstić information content (AvgIpc) is 2.39. The van der Waals surface area contributed by atoms with Crippen molar-refractivity contribution in [1.82, 2.24) is 4.90 Å². The molecule has 0 bridgehead atoms. The fourth-order valence-corrected chi connectivity index (χ4v) is 2.86. The summed E-state index contributed by atoms with van der Waals surface area (Å²) < 4.78 is 1.17. The van der Waals surface area contributed by atoms with Gasteiger partial charge in [-0.05, 0) is 47.8 Å². The molecule has 1 aromatic carbocycles. The number of hydrogen-bond acceptors (Lipinski definition) is 3. The second-order valence-corrected chi connectivity index (χ2v) is 6.36. The Morgan fingerprint density at radius 3 is 2.39 bits per heavy atom. The Morgan fingerprint density at radius 1 is 1.22 bits per heavy atom. The predicted molar refractivity (Wildman–Crippen MR) is 88.6 cm³/mol. The van der Waals surface area contributed by atoms with Gasteiger partial charge in [0.2, 0.25) is 0 Å². The molecule has 0 aliphatic heterocycles. The average molecular weight is 377 g/mol. The number of carbonyl (C=O) groups excluding carboxylic acids is 1. The molecule has 4 heteroatoms. The van der Waals surface area contributed by atoms with Gasteiger partial charge in [0, 0.05) is 21.4 Å². The Morgan fingerprint density at radius 2 is 1.83 bits per heavy atom. The Bertz CT molecular complexity index is 363. The lowest BCUT2D eigenvalue weighted by molar-refractivity contribution is 0.102. The standard InChI is InChI=1S/C14H20INOS/c1-3-16(4-2)9-10-18-11-14(17)12-5-7-13(15)8-6-12/h5-8H,3-4,9-11H2,1-2H3. The quantitative estimate of drug-likeness (QED) is 0.393. The summed E-state index contributed by atoms with van der Waals surface area (Å²) in [6.45, 7) is 7.58. The van der Waals surface area contributed by atoms with E-state index in [1.54, 1.807) is 11.8 Å². The SMILES string of the molecule is CCN(CC)CCSCC(=O)c1ccc(I)cc1. The van der Waals surface area contributed by atoms with Crippen molar-refractivity contribution in [1.29, 1.82) is 0 Å². The molecular formula is C14H20INOS. The highest BCUT2D eigenvalue weighted by Crippen LogP contribution is 2.10. The maximum atomic E-state index is 11.9. The molecule has 0 aromatic heterocycles. The van der Waals surface area contributed by atoms with Crippen LogP contribution in [0.3, 0.4) is 0 Å². The third-order valence-corrected chi connectivity index (χ3v) is 4.50. The molecule has 1 rings (SSSR count). The molecule has 100 valence electrons. The van der Waals surface area contributed by atoms with Gasteiger partial charge < -0.3 is 4.90 Å². The van der Waals surface area contributed by atoms with Gasteiger partial charge >= 0.3 is 0 Å². The van der Waals surface area contributed by atoms with Gasteiger partial charge in [0.25, 0.3) is 0 Å². The highest BCUT2D eigenvalue weighted by atomic mass is 127. The third kappa shape index (κ3) is 5.71. The highest BCUT2D eigenvalue weighted by molar-refractivity contribution is 14.1. The van der Waals surface area contributed by atoms with Crippen molar-refractivity contribution in [3.8, 4) is 0 Å². The molecule has 18 heavy (non-hydrogen) atoms. The first kappa shape index (κ1) is 16.0. The number of rotatable bonds is 8. The third-order valence-electron chi connectivity index (χ3n) is 2.85. The minimum Gasteiger partial charge on any atom is -0.303 e. The fourth-order valence-electron chi connectivity index (χ4n) is 1.62. The molecule has 0 fully saturated rings. The van der Waals surface area contributed by atoms with Crippen LogP contribution in [0, 0.1) is 3.57 Å². The lowest BCUT2D eigenvalue weighted by Crippen LogP contribution is -2.25. The number of Topliss-reactive ketones (excluding diaryl/α,β-unsaturated/α-hetero) is 1. The lowest BCUT2D eigenvalue weighted by Gasteiger charge is -2.17. The van der Waals surface area contributed by atoms with E-state index in [0.717, 1.165) is 31.0 Å². The Balaban J connectivity index is 2.27. The fraction of sp³-hybridized carbons (Fsp3) is 0.500. The first-order valence-electron chi connectivity index (χ1n) is 6.26. The number of hydrogen-bond donors (Lipinski definition) is 0.